The van der Waals surface area contributed by atoms with Gasteiger partial charge in [0.15, 0.2) is 0 Å². The molecule has 0 saturated heterocycles. The number of hydrogen-bond donors (Lipinski definition) is 2. The van der Waals surface area contributed by atoms with Crippen molar-refractivity contribution < 1.29 is 19.4 Å². The van der Waals surface area contributed by atoms with E-state index in [0.29, 0.717) is 17.1 Å². The van der Waals surface area contributed by atoms with E-state index in [1.165, 1.54) is 7.11 Å². The summed E-state index contributed by atoms with van der Waals surface area (Å²) in [5.74, 6) is 0.274. The van der Waals surface area contributed by atoms with Crippen molar-refractivity contribution in [1.29, 1.82) is 0 Å². The van der Waals surface area contributed by atoms with Gasteiger partial charge in [-0.2, -0.15) is 0 Å². The fourth-order valence-electron chi connectivity index (χ4n) is 1.79. The quantitative estimate of drug-likeness (QED) is 0.813. The molecule has 0 aliphatic heterocycles. The lowest BCUT2D eigenvalue weighted by molar-refractivity contribution is -0.137. The average Bonchev–Trinajstić information content (AvgIpc) is 2.26. The summed E-state index contributed by atoms with van der Waals surface area (Å²) >= 11 is 0. The first kappa shape index (κ1) is 13.3. The minimum absolute atomic E-state index is 0.135. The number of aliphatic carboxylic acids is 1. The number of aryl methyl sites for hydroxylation is 1. The summed E-state index contributed by atoms with van der Waals surface area (Å²) in [7, 11) is 3.08. The molecule has 0 amide bonds. The fraction of sp³-hybridized carbons (Fsp3) is 0.417. The van der Waals surface area contributed by atoms with Crippen molar-refractivity contribution in [3.63, 3.8) is 0 Å². The average molecular weight is 239 g/mol. The Morgan fingerprint density at radius 2 is 2.06 bits per heavy atom. The maximum Gasteiger partial charge on any atom is 0.305 e. The molecule has 1 unspecified atom stereocenters. The van der Waals surface area contributed by atoms with Gasteiger partial charge >= 0.3 is 5.97 Å². The largest absolute Gasteiger partial charge is 0.497 e. The smallest absolute Gasteiger partial charge is 0.305 e. The number of carboxylic acid groups (broad SMARTS) is 1. The third-order valence-corrected chi connectivity index (χ3v) is 2.54. The minimum atomic E-state index is -0.935. The predicted octanol–water partition coefficient (Wildman–Crippen LogP) is 1.49. The Balaban J connectivity index is 3.17. The van der Waals surface area contributed by atoms with Crippen LogP contribution in [0.1, 0.15) is 23.6 Å². The summed E-state index contributed by atoms with van der Waals surface area (Å²) in [6.45, 7) is 1.85. The van der Waals surface area contributed by atoms with Crippen LogP contribution in [0.5, 0.6) is 11.5 Å². The SMILES string of the molecule is COc1cc(C)c(C(N)CC(=O)O)c(OC)c1. The molecule has 1 aromatic carbocycles. The van der Waals surface area contributed by atoms with Crippen LogP contribution in [0.2, 0.25) is 0 Å². The molecular formula is C12H17NO4. The molecule has 0 spiro atoms. The highest BCUT2D eigenvalue weighted by atomic mass is 16.5. The van der Waals surface area contributed by atoms with Gasteiger partial charge in [-0.25, -0.2) is 0 Å². The van der Waals surface area contributed by atoms with Gasteiger partial charge in [0.1, 0.15) is 11.5 Å². The van der Waals surface area contributed by atoms with E-state index in [9.17, 15) is 4.79 Å². The highest BCUT2D eigenvalue weighted by molar-refractivity contribution is 5.68. The van der Waals surface area contributed by atoms with E-state index in [2.05, 4.69) is 0 Å². The van der Waals surface area contributed by atoms with Crippen LogP contribution in [0.25, 0.3) is 0 Å². The van der Waals surface area contributed by atoms with E-state index >= 15 is 0 Å². The summed E-state index contributed by atoms with van der Waals surface area (Å²) in [6.07, 6.45) is -0.135. The summed E-state index contributed by atoms with van der Waals surface area (Å²) in [6, 6.07) is 2.91. The van der Waals surface area contributed by atoms with Gasteiger partial charge in [-0.15, -0.1) is 0 Å². The third-order valence-electron chi connectivity index (χ3n) is 2.54. The van der Waals surface area contributed by atoms with Crippen molar-refractivity contribution in [3.8, 4) is 11.5 Å². The molecule has 0 aromatic heterocycles. The van der Waals surface area contributed by atoms with Crippen LogP contribution >= 0.6 is 0 Å². The van der Waals surface area contributed by atoms with Crippen LogP contribution in [0.15, 0.2) is 12.1 Å². The van der Waals surface area contributed by atoms with Crippen LogP contribution in [-0.4, -0.2) is 25.3 Å². The molecule has 1 aromatic rings. The molecule has 5 heteroatoms. The second kappa shape index (κ2) is 5.54. The zero-order valence-electron chi connectivity index (χ0n) is 10.2. The van der Waals surface area contributed by atoms with Gasteiger partial charge in [0, 0.05) is 17.7 Å². The van der Waals surface area contributed by atoms with Gasteiger partial charge < -0.3 is 20.3 Å². The van der Waals surface area contributed by atoms with Crippen molar-refractivity contribution in [2.24, 2.45) is 5.73 Å². The van der Waals surface area contributed by atoms with Crippen LogP contribution in [0.3, 0.4) is 0 Å². The number of methoxy groups -OCH3 is 2. The molecule has 0 bridgehead atoms. The minimum Gasteiger partial charge on any atom is -0.497 e. The van der Waals surface area contributed by atoms with E-state index in [0.717, 1.165) is 5.56 Å². The van der Waals surface area contributed by atoms with E-state index in [4.69, 9.17) is 20.3 Å². The number of nitrogens with two attached hydrogens (primary N) is 1. The molecule has 0 radical (unpaired) electrons. The van der Waals surface area contributed by atoms with Crippen LogP contribution in [-0.2, 0) is 4.79 Å². The lowest BCUT2D eigenvalue weighted by Crippen LogP contribution is -2.17. The molecular weight excluding hydrogens is 222 g/mol. The van der Waals surface area contributed by atoms with Gasteiger partial charge in [-0.3, -0.25) is 4.79 Å². The van der Waals surface area contributed by atoms with E-state index < -0.39 is 12.0 Å². The summed E-state index contributed by atoms with van der Waals surface area (Å²) in [4.78, 5) is 10.7. The first-order valence-electron chi connectivity index (χ1n) is 5.19. The molecule has 0 aliphatic carbocycles. The Bertz CT molecular complexity index is 417. The number of ether oxygens (including phenoxy) is 2. The fourth-order valence-corrected chi connectivity index (χ4v) is 1.79. The molecule has 1 atom stereocenters. The van der Waals surface area contributed by atoms with Crippen molar-refractivity contribution in [2.45, 2.75) is 19.4 Å². The Kier molecular flexibility index (Phi) is 4.34. The Hall–Kier alpha value is -1.75. The number of carbonyl (C=O) groups is 1. The second-order valence-corrected chi connectivity index (χ2v) is 3.76. The molecule has 17 heavy (non-hydrogen) atoms. The Morgan fingerprint density at radius 3 is 2.53 bits per heavy atom. The number of rotatable bonds is 5. The van der Waals surface area contributed by atoms with Gasteiger partial charge in [0.25, 0.3) is 0 Å². The first-order valence-corrected chi connectivity index (χ1v) is 5.19. The van der Waals surface area contributed by atoms with Crippen LogP contribution in [0, 0.1) is 6.92 Å². The lowest BCUT2D eigenvalue weighted by atomic mass is 9.98. The molecule has 1 rings (SSSR count). The Labute approximate surface area is 100 Å². The van der Waals surface area contributed by atoms with Crippen molar-refractivity contribution in [1.82, 2.24) is 0 Å². The monoisotopic (exact) mass is 239 g/mol. The predicted molar refractivity (Wildman–Crippen MR) is 63.5 cm³/mol. The topological polar surface area (TPSA) is 81.8 Å². The van der Waals surface area contributed by atoms with Crippen LogP contribution < -0.4 is 15.2 Å². The summed E-state index contributed by atoms with van der Waals surface area (Å²) in [5, 5.41) is 8.75. The van der Waals surface area contributed by atoms with E-state index in [-0.39, 0.29) is 6.42 Å². The van der Waals surface area contributed by atoms with Crippen LogP contribution in [0.4, 0.5) is 0 Å². The molecule has 5 nitrogen and oxygen atoms in total. The third kappa shape index (κ3) is 3.10. The molecule has 0 fully saturated rings. The number of benzene rings is 1. The van der Waals surface area contributed by atoms with Crippen molar-refractivity contribution in [3.05, 3.63) is 23.3 Å². The normalized spacial score (nSPS) is 12.0. The molecule has 0 saturated carbocycles. The number of carboxylic acids is 1. The summed E-state index contributed by atoms with van der Waals surface area (Å²) in [5.41, 5.74) is 7.42. The maximum atomic E-state index is 10.7. The van der Waals surface area contributed by atoms with Gasteiger partial charge in [-0.1, -0.05) is 0 Å². The molecule has 0 heterocycles. The van der Waals surface area contributed by atoms with Crippen molar-refractivity contribution in [2.75, 3.05) is 14.2 Å². The van der Waals surface area contributed by atoms with E-state index in [1.54, 1.807) is 19.2 Å². The highest BCUT2D eigenvalue weighted by Gasteiger charge is 2.18. The zero-order valence-corrected chi connectivity index (χ0v) is 10.2. The standard InChI is InChI=1S/C12H17NO4/c1-7-4-8(16-2)5-10(17-3)12(7)9(13)6-11(14)15/h4-5,9H,6,13H2,1-3H3,(H,14,15). The molecule has 3 N–H and O–H groups in total. The maximum absolute atomic E-state index is 10.7. The second-order valence-electron chi connectivity index (χ2n) is 3.76. The molecule has 94 valence electrons. The van der Waals surface area contributed by atoms with Gasteiger partial charge in [0.05, 0.1) is 20.6 Å². The summed E-state index contributed by atoms with van der Waals surface area (Å²) < 4.78 is 10.3. The number of hydrogen-bond acceptors (Lipinski definition) is 4. The van der Waals surface area contributed by atoms with E-state index in [1.807, 2.05) is 6.92 Å². The highest BCUT2D eigenvalue weighted by Crippen LogP contribution is 2.33. The van der Waals surface area contributed by atoms with Gasteiger partial charge in [-0.05, 0) is 18.6 Å². The van der Waals surface area contributed by atoms with Crippen molar-refractivity contribution >= 4 is 5.97 Å². The molecule has 0 aliphatic rings. The van der Waals surface area contributed by atoms with Gasteiger partial charge in [0.2, 0.25) is 0 Å². The lowest BCUT2D eigenvalue weighted by Gasteiger charge is -2.18. The zero-order chi connectivity index (χ0) is 13.0. The first-order chi connectivity index (χ1) is 7.99. The Morgan fingerprint density at radius 1 is 1.41 bits per heavy atom.